The molecule has 0 heterocycles. The summed E-state index contributed by atoms with van der Waals surface area (Å²) in [6, 6.07) is -0.471. The molecule has 2 atom stereocenters. The van der Waals surface area contributed by atoms with E-state index in [1.165, 1.54) is 0 Å². The molecule has 2 unspecified atom stereocenters. The molecule has 17 heavy (non-hydrogen) atoms. The molecular formula is C11H21NO4S. The van der Waals surface area contributed by atoms with Crippen molar-refractivity contribution in [2.24, 2.45) is 5.41 Å². The fraction of sp³-hybridized carbons (Fsp3) is 0.909. The number of aliphatic carboxylic acids is 1. The van der Waals surface area contributed by atoms with Crippen molar-refractivity contribution in [3.8, 4) is 0 Å². The molecule has 1 aliphatic rings. The van der Waals surface area contributed by atoms with Gasteiger partial charge in [0.15, 0.2) is 0 Å². The van der Waals surface area contributed by atoms with Gasteiger partial charge in [-0.1, -0.05) is 19.8 Å². The molecule has 0 radical (unpaired) electrons. The summed E-state index contributed by atoms with van der Waals surface area (Å²) >= 11 is 0. The molecule has 0 spiro atoms. The molecule has 1 rings (SSSR count). The van der Waals surface area contributed by atoms with Crippen molar-refractivity contribution in [2.75, 3.05) is 5.75 Å². The monoisotopic (exact) mass is 263 g/mol. The Morgan fingerprint density at radius 3 is 2.71 bits per heavy atom. The molecule has 2 N–H and O–H groups in total. The van der Waals surface area contributed by atoms with Crippen LogP contribution in [0.4, 0.5) is 0 Å². The summed E-state index contributed by atoms with van der Waals surface area (Å²) in [4.78, 5) is 11.2. The first-order valence-corrected chi connectivity index (χ1v) is 7.70. The van der Waals surface area contributed by atoms with E-state index in [9.17, 15) is 18.3 Å². The van der Waals surface area contributed by atoms with Crippen molar-refractivity contribution in [3.05, 3.63) is 0 Å². The van der Waals surface area contributed by atoms with Crippen molar-refractivity contribution < 1.29 is 18.3 Å². The van der Waals surface area contributed by atoms with Crippen molar-refractivity contribution >= 4 is 16.0 Å². The number of carboxylic acids is 1. The van der Waals surface area contributed by atoms with E-state index in [2.05, 4.69) is 4.72 Å². The smallest absolute Gasteiger partial charge is 0.310 e. The van der Waals surface area contributed by atoms with Gasteiger partial charge in [0, 0.05) is 6.04 Å². The lowest BCUT2D eigenvalue weighted by atomic mass is 9.85. The SMILES string of the molecule is CCCCS(=O)(=O)NC1CCCC1(C)C(=O)O. The zero-order chi connectivity index (χ0) is 13.1. The molecular weight excluding hydrogens is 242 g/mol. The third-order valence-electron chi connectivity index (χ3n) is 3.54. The third kappa shape index (κ3) is 3.42. The fourth-order valence-corrected chi connectivity index (χ4v) is 3.82. The molecule has 0 aromatic heterocycles. The Bertz CT molecular complexity index is 379. The minimum Gasteiger partial charge on any atom is -0.481 e. The molecule has 1 fully saturated rings. The first-order valence-electron chi connectivity index (χ1n) is 6.05. The van der Waals surface area contributed by atoms with Gasteiger partial charge in [0.2, 0.25) is 10.0 Å². The van der Waals surface area contributed by atoms with Crippen molar-refractivity contribution in [2.45, 2.75) is 52.0 Å². The normalized spacial score (nSPS) is 29.4. The van der Waals surface area contributed by atoms with Crippen LogP contribution < -0.4 is 4.72 Å². The molecule has 1 aliphatic carbocycles. The second-order valence-corrected chi connectivity index (χ2v) is 6.83. The van der Waals surface area contributed by atoms with Gasteiger partial charge < -0.3 is 5.11 Å². The number of hydrogen-bond donors (Lipinski definition) is 2. The average molecular weight is 263 g/mol. The van der Waals surface area contributed by atoms with E-state index in [0.717, 1.165) is 12.8 Å². The van der Waals surface area contributed by atoms with Gasteiger partial charge in [-0.2, -0.15) is 0 Å². The van der Waals surface area contributed by atoms with E-state index in [4.69, 9.17) is 0 Å². The summed E-state index contributed by atoms with van der Waals surface area (Å²) in [7, 11) is -3.35. The molecule has 100 valence electrons. The molecule has 0 aliphatic heterocycles. The lowest BCUT2D eigenvalue weighted by molar-refractivity contribution is -0.148. The lowest BCUT2D eigenvalue weighted by Gasteiger charge is -2.27. The minimum atomic E-state index is -3.35. The second kappa shape index (κ2) is 5.35. The Hall–Kier alpha value is -0.620. The van der Waals surface area contributed by atoms with Gasteiger partial charge in [-0.15, -0.1) is 0 Å². The van der Waals surface area contributed by atoms with E-state index < -0.39 is 27.4 Å². The topological polar surface area (TPSA) is 83.5 Å². The standard InChI is InChI=1S/C11H21NO4S/c1-3-4-8-17(15,16)12-9-6-5-7-11(9,2)10(13)14/h9,12H,3-8H2,1-2H3,(H,13,14). The predicted molar refractivity (Wildman–Crippen MR) is 65.2 cm³/mol. The Balaban J connectivity index is 2.71. The van der Waals surface area contributed by atoms with Crippen LogP contribution in [0.1, 0.15) is 46.0 Å². The third-order valence-corrected chi connectivity index (χ3v) is 5.00. The summed E-state index contributed by atoms with van der Waals surface area (Å²) in [6.07, 6.45) is 3.30. The highest BCUT2D eigenvalue weighted by Gasteiger charge is 2.46. The van der Waals surface area contributed by atoms with Crippen molar-refractivity contribution in [1.29, 1.82) is 0 Å². The van der Waals surface area contributed by atoms with Crippen LogP contribution in [-0.4, -0.2) is 31.3 Å². The summed E-state index contributed by atoms with van der Waals surface area (Å²) in [5, 5.41) is 9.18. The van der Waals surface area contributed by atoms with Crippen LogP contribution in [0, 0.1) is 5.41 Å². The van der Waals surface area contributed by atoms with E-state index in [1.807, 2.05) is 6.92 Å². The summed E-state index contributed by atoms with van der Waals surface area (Å²) < 4.78 is 26.1. The van der Waals surface area contributed by atoms with Crippen LogP contribution in [0.5, 0.6) is 0 Å². The Morgan fingerprint density at radius 1 is 1.53 bits per heavy atom. The Morgan fingerprint density at radius 2 is 2.18 bits per heavy atom. The molecule has 5 nitrogen and oxygen atoms in total. The van der Waals surface area contributed by atoms with E-state index in [0.29, 0.717) is 19.3 Å². The second-order valence-electron chi connectivity index (χ2n) is 4.96. The molecule has 1 saturated carbocycles. The van der Waals surface area contributed by atoms with Crippen LogP contribution in [0.2, 0.25) is 0 Å². The highest BCUT2D eigenvalue weighted by Crippen LogP contribution is 2.38. The number of unbranched alkanes of at least 4 members (excludes halogenated alkanes) is 1. The number of rotatable bonds is 6. The van der Waals surface area contributed by atoms with Gasteiger partial charge in [-0.25, -0.2) is 13.1 Å². The van der Waals surface area contributed by atoms with Crippen LogP contribution in [-0.2, 0) is 14.8 Å². The summed E-state index contributed by atoms with van der Waals surface area (Å²) in [5.74, 6) is -0.839. The number of hydrogen-bond acceptors (Lipinski definition) is 3. The first kappa shape index (κ1) is 14.4. The van der Waals surface area contributed by atoms with Crippen LogP contribution in [0.3, 0.4) is 0 Å². The lowest BCUT2D eigenvalue weighted by Crippen LogP contribution is -2.47. The van der Waals surface area contributed by atoms with Crippen molar-refractivity contribution in [3.63, 3.8) is 0 Å². The summed E-state index contributed by atoms with van der Waals surface area (Å²) in [5.41, 5.74) is -0.959. The molecule has 0 aromatic rings. The highest BCUT2D eigenvalue weighted by molar-refractivity contribution is 7.89. The predicted octanol–water partition coefficient (Wildman–Crippen LogP) is 1.35. The molecule has 0 saturated heterocycles. The van der Waals surface area contributed by atoms with E-state index >= 15 is 0 Å². The van der Waals surface area contributed by atoms with Gasteiger partial charge in [-0.05, 0) is 26.2 Å². The van der Waals surface area contributed by atoms with Gasteiger partial charge in [0.1, 0.15) is 0 Å². The average Bonchev–Trinajstić information content (AvgIpc) is 2.58. The highest BCUT2D eigenvalue weighted by atomic mass is 32.2. The number of nitrogens with one attached hydrogen (secondary N) is 1. The molecule has 0 aromatic carbocycles. The summed E-state index contributed by atoms with van der Waals surface area (Å²) in [6.45, 7) is 3.54. The molecule has 0 bridgehead atoms. The van der Waals surface area contributed by atoms with E-state index in [-0.39, 0.29) is 5.75 Å². The maximum absolute atomic E-state index is 11.8. The maximum atomic E-state index is 11.8. The van der Waals surface area contributed by atoms with Crippen LogP contribution in [0.25, 0.3) is 0 Å². The maximum Gasteiger partial charge on any atom is 0.310 e. The van der Waals surface area contributed by atoms with Crippen molar-refractivity contribution in [1.82, 2.24) is 4.72 Å². The van der Waals surface area contributed by atoms with Gasteiger partial charge >= 0.3 is 5.97 Å². The van der Waals surface area contributed by atoms with E-state index in [1.54, 1.807) is 6.92 Å². The first-order chi connectivity index (χ1) is 7.82. The van der Waals surface area contributed by atoms with Crippen LogP contribution >= 0.6 is 0 Å². The molecule has 0 amide bonds. The number of sulfonamides is 1. The van der Waals surface area contributed by atoms with Gasteiger partial charge in [0.25, 0.3) is 0 Å². The fourth-order valence-electron chi connectivity index (χ4n) is 2.22. The van der Waals surface area contributed by atoms with Gasteiger partial charge in [0.05, 0.1) is 11.2 Å². The Labute approximate surface area is 103 Å². The zero-order valence-electron chi connectivity index (χ0n) is 10.4. The minimum absolute atomic E-state index is 0.0791. The quantitative estimate of drug-likeness (QED) is 0.757. The number of carboxylic acid groups (broad SMARTS) is 1. The zero-order valence-corrected chi connectivity index (χ0v) is 11.2. The van der Waals surface area contributed by atoms with Gasteiger partial charge in [-0.3, -0.25) is 4.79 Å². The Kier molecular flexibility index (Phi) is 4.55. The van der Waals surface area contributed by atoms with Crippen LogP contribution in [0.15, 0.2) is 0 Å². The largest absolute Gasteiger partial charge is 0.481 e. The molecule has 6 heteroatoms. The number of carbonyl (C=O) groups is 1.